The van der Waals surface area contributed by atoms with E-state index in [-0.39, 0.29) is 0 Å². The maximum atomic E-state index is 3.25. The van der Waals surface area contributed by atoms with E-state index in [0.717, 1.165) is 0 Å². The van der Waals surface area contributed by atoms with Gasteiger partial charge in [-0.1, -0.05) is 32.1 Å². The molecule has 0 fully saturated rings. The van der Waals surface area contributed by atoms with E-state index in [1.807, 2.05) is 0 Å². The van der Waals surface area contributed by atoms with Gasteiger partial charge in [-0.3, -0.25) is 0 Å². The second kappa shape index (κ2) is 7.18. The molecule has 1 aliphatic carbocycles. The Hall–Kier alpha value is -0.480. The fourth-order valence-electron chi connectivity index (χ4n) is 1.63. The minimum Gasteiger partial charge on any atom is -0.130 e. The van der Waals surface area contributed by atoms with Gasteiger partial charge in [-0.15, -0.1) is 5.73 Å². The van der Waals surface area contributed by atoms with Crippen molar-refractivity contribution in [3.63, 3.8) is 0 Å². The van der Waals surface area contributed by atoms with E-state index in [0.29, 0.717) is 0 Å². The molecule has 0 unspecified atom stereocenters. The fourth-order valence-corrected chi connectivity index (χ4v) is 1.63. The summed E-state index contributed by atoms with van der Waals surface area (Å²) in [6.45, 7) is 0. The summed E-state index contributed by atoms with van der Waals surface area (Å²) in [6, 6.07) is 0. The molecule has 1 aliphatic rings. The van der Waals surface area contributed by atoms with Gasteiger partial charge in [0, 0.05) is 0 Å². The smallest absolute Gasteiger partial charge is 0.0274 e. The van der Waals surface area contributed by atoms with Gasteiger partial charge in [0.1, 0.15) is 0 Å². The molecule has 12 heavy (non-hydrogen) atoms. The van der Waals surface area contributed by atoms with E-state index in [1.165, 1.54) is 57.8 Å². The van der Waals surface area contributed by atoms with Crippen LogP contribution in [0.3, 0.4) is 0 Å². The van der Waals surface area contributed by atoms with Crippen molar-refractivity contribution in [3.8, 4) is 0 Å². The first-order chi connectivity index (χ1) is 6.00. The van der Waals surface area contributed by atoms with Gasteiger partial charge in [0.25, 0.3) is 0 Å². The molecule has 0 heteroatoms. The first-order valence-corrected chi connectivity index (χ1v) is 5.39. The zero-order valence-corrected chi connectivity index (χ0v) is 8.02. The van der Waals surface area contributed by atoms with Crippen LogP contribution in [-0.4, -0.2) is 0 Å². The summed E-state index contributed by atoms with van der Waals surface area (Å²) >= 11 is 0. The minimum absolute atomic E-state index is 1.23. The molecule has 0 bridgehead atoms. The van der Waals surface area contributed by atoms with Crippen LogP contribution in [0.2, 0.25) is 0 Å². The van der Waals surface area contributed by atoms with Crippen LogP contribution >= 0.6 is 0 Å². The summed E-state index contributed by atoms with van der Waals surface area (Å²) in [6.07, 6.45) is 16.7. The molecule has 1 rings (SSSR count). The van der Waals surface area contributed by atoms with Gasteiger partial charge >= 0.3 is 0 Å². The molecule has 0 aromatic rings. The summed E-state index contributed by atoms with van der Waals surface area (Å²) in [5.74, 6) is 0. The molecule has 0 spiro atoms. The highest BCUT2D eigenvalue weighted by Gasteiger charge is 1.91. The molecular formula is C12H20. The molecule has 0 amide bonds. The molecule has 0 saturated heterocycles. The normalized spacial score (nSPS) is 21.3. The van der Waals surface area contributed by atoms with Crippen LogP contribution in [0.1, 0.15) is 57.8 Å². The van der Waals surface area contributed by atoms with Crippen LogP contribution in [0.5, 0.6) is 0 Å². The van der Waals surface area contributed by atoms with Gasteiger partial charge in [-0.2, -0.15) is 0 Å². The van der Waals surface area contributed by atoms with Crippen molar-refractivity contribution in [2.75, 3.05) is 0 Å². The van der Waals surface area contributed by atoms with E-state index in [4.69, 9.17) is 0 Å². The predicted octanol–water partition coefficient (Wildman–Crippen LogP) is 4.22. The van der Waals surface area contributed by atoms with Crippen molar-refractivity contribution in [3.05, 3.63) is 17.9 Å². The van der Waals surface area contributed by atoms with E-state index in [9.17, 15) is 0 Å². The largest absolute Gasteiger partial charge is 0.130 e. The lowest BCUT2D eigenvalue weighted by molar-refractivity contribution is 0.582. The average molecular weight is 164 g/mol. The quantitative estimate of drug-likeness (QED) is 0.470. The topological polar surface area (TPSA) is 0 Å². The second-order valence-electron chi connectivity index (χ2n) is 3.63. The lowest BCUT2D eigenvalue weighted by Crippen LogP contribution is -1.80. The Kier molecular flexibility index (Phi) is 5.75. The third kappa shape index (κ3) is 5.21. The zero-order valence-electron chi connectivity index (χ0n) is 8.02. The van der Waals surface area contributed by atoms with Gasteiger partial charge in [-0.05, 0) is 37.8 Å². The van der Waals surface area contributed by atoms with Crippen LogP contribution in [0, 0.1) is 0 Å². The van der Waals surface area contributed by atoms with Crippen LogP contribution < -0.4 is 0 Å². The summed E-state index contributed by atoms with van der Waals surface area (Å²) in [7, 11) is 0. The Bertz CT molecular complexity index is 135. The number of hydrogen-bond donors (Lipinski definition) is 0. The van der Waals surface area contributed by atoms with Crippen molar-refractivity contribution in [2.45, 2.75) is 57.8 Å². The highest BCUT2D eigenvalue weighted by atomic mass is 14.0. The summed E-state index contributed by atoms with van der Waals surface area (Å²) in [5.41, 5.74) is 3.25. The van der Waals surface area contributed by atoms with Crippen molar-refractivity contribution >= 4 is 0 Å². The monoisotopic (exact) mass is 164 g/mol. The van der Waals surface area contributed by atoms with Crippen LogP contribution in [-0.2, 0) is 0 Å². The molecule has 0 radical (unpaired) electrons. The standard InChI is InChI=1S/C12H20/c1-2-4-6-8-10-12-11-9-7-5-3-1/h1,5H,2,4,6-12H2. The number of rotatable bonds is 0. The molecule has 68 valence electrons. The van der Waals surface area contributed by atoms with Gasteiger partial charge < -0.3 is 0 Å². The summed E-state index contributed by atoms with van der Waals surface area (Å²) in [5, 5.41) is 0. The van der Waals surface area contributed by atoms with Crippen molar-refractivity contribution in [2.24, 2.45) is 0 Å². The summed E-state index contributed by atoms with van der Waals surface area (Å²) in [4.78, 5) is 0. The Morgan fingerprint density at radius 2 is 1.00 bits per heavy atom. The van der Waals surface area contributed by atoms with E-state index >= 15 is 0 Å². The Balaban J connectivity index is 2.22. The van der Waals surface area contributed by atoms with Gasteiger partial charge in [0.15, 0.2) is 0 Å². The predicted molar refractivity (Wildman–Crippen MR) is 54.2 cm³/mol. The molecule has 0 atom stereocenters. The second-order valence-corrected chi connectivity index (χ2v) is 3.63. The Morgan fingerprint density at radius 3 is 1.50 bits per heavy atom. The average Bonchev–Trinajstić information content (AvgIpc) is 2.05. The number of allylic oxidation sites excluding steroid dienone is 1. The first-order valence-electron chi connectivity index (χ1n) is 5.39. The Morgan fingerprint density at radius 1 is 0.583 bits per heavy atom. The van der Waals surface area contributed by atoms with E-state index in [1.54, 1.807) is 0 Å². The number of hydrogen-bond acceptors (Lipinski definition) is 0. The van der Waals surface area contributed by atoms with E-state index in [2.05, 4.69) is 17.9 Å². The third-order valence-electron chi connectivity index (χ3n) is 2.43. The molecule has 0 heterocycles. The molecule has 0 aromatic carbocycles. The highest BCUT2D eigenvalue weighted by molar-refractivity contribution is 4.84. The maximum absolute atomic E-state index is 3.25. The van der Waals surface area contributed by atoms with Crippen LogP contribution in [0.4, 0.5) is 0 Å². The molecular weight excluding hydrogens is 144 g/mol. The highest BCUT2D eigenvalue weighted by Crippen LogP contribution is 2.10. The lowest BCUT2D eigenvalue weighted by Gasteiger charge is -2.00. The van der Waals surface area contributed by atoms with Crippen molar-refractivity contribution in [1.82, 2.24) is 0 Å². The molecule has 0 saturated carbocycles. The third-order valence-corrected chi connectivity index (χ3v) is 2.43. The maximum Gasteiger partial charge on any atom is -0.0274 e. The zero-order chi connectivity index (χ0) is 8.49. The van der Waals surface area contributed by atoms with Crippen molar-refractivity contribution in [1.29, 1.82) is 0 Å². The Labute approximate surface area is 76.4 Å². The molecule has 0 aliphatic heterocycles. The van der Waals surface area contributed by atoms with Gasteiger partial charge in [-0.25, -0.2) is 0 Å². The molecule has 0 nitrogen and oxygen atoms in total. The molecule has 0 aromatic heterocycles. The van der Waals surface area contributed by atoms with Gasteiger partial charge in [0.05, 0.1) is 0 Å². The van der Waals surface area contributed by atoms with Gasteiger partial charge in [0.2, 0.25) is 0 Å². The minimum atomic E-state index is 1.23. The van der Waals surface area contributed by atoms with Crippen molar-refractivity contribution < 1.29 is 0 Å². The molecule has 0 N–H and O–H groups in total. The van der Waals surface area contributed by atoms with Crippen LogP contribution in [0.15, 0.2) is 17.9 Å². The van der Waals surface area contributed by atoms with Crippen LogP contribution in [0.25, 0.3) is 0 Å². The first kappa shape index (κ1) is 9.61. The van der Waals surface area contributed by atoms with E-state index < -0.39 is 0 Å². The fraction of sp³-hybridized carbons (Fsp3) is 0.750. The summed E-state index contributed by atoms with van der Waals surface area (Å²) < 4.78 is 0. The lowest BCUT2D eigenvalue weighted by atomic mass is 10.1. The SMILES string of the molecule is C1=CCCCCCCCCCC=1.